The molecule has 3 aromatic carbocycles. The molecule has 0 aliphatic rings. The highest BCUT2D eigenvalue weighted by molar-refractivity contribution is 7.80. The van der Waals surface area contributed by atoms with Crippen molar-refractivity contribution in [1.82, 2.24) is 5.32 Å². The Balaban J connectivity index is 1.49. The molecule has 0 heterocycles. The number of hydrogen-bond donors (Lipinski definition) is 2. The Morgan fingerprint density at radius 3 is 2.34 bits per heavy atom. The van der Waals surface area contributed by atoms with Gasteiger partial charge in [-0.3, -0.25) is 10.1 Å². The summed E-state index contributed by atoms with van der Waals surface area (Å²) >= 11 is 5.33. The van der Waals surface area contributed by atoms with Crippen molar-refractivity contribution < 1.29 is 14.3 Å². The van der Waals surface area contributed by atoms with Gasteiger partial charge in [-0.15, -0.1) is 0 Å². The molecule has 166 valence electrons. The zero-order chi connectivity index (χ0) is 22.6. The van der Waals surface area contributed by atoms with Crippen molar-refractivity contribution in [3.05, 3.63) is 90.0 Å². The number of hydrogen-bond acceptors (Lipinski definition) is 4. The van der Waals surface area contributed by atoms with E-state index < -0.39 is 0 Å². The molecule has 0 aliphatic carbocycles. The summed E-state index contributed by atoms with van der Waals surface area (Å²) in [4.78, 5) is 12.5. The van der Waals surface area contributed by atoms with E-state index in [0.717, 1.165) is 25.0 Å². The van der Waals surface area contributed by atoms with E-state index in [1.807, 2.05) is 49.4 Å². The first-order chi connectivity index (χ1) is 15.7. The number of carbonyl (C=O) groups excluding carboxylic acids is 1. The summed E-state index contributed by atoms with van der Waals surface area (Å²) in [6.45, 7) is 3.27. The number of para-hydroxylation sites is 2. The number of carbonyl (C=O) groups is 1. The minimum absolute atomic E-state index is 0.210. The number of thiocarbonyl (C=S) groups is 1. The third-order valence-corrected chi connectivity index (χ3v) is 4.87. The van der Waals surface area contributed by atoms with Crippen LogP contribution in [0.3, 0.4) is 0 Å². The van der Waals surface area contributed by atoms with Gasteiger partial charge in [0.05, 0.1) is 18.9 Å². The summed E-state index contributed by atoms with van der Waals surface area (Å²) in [5.74, 6) is 1.14. The lowest BCUT2D eigenvalue weighted by Crippen LogP contribution is -2.34. The molecule has 0 fully saturated rings. The number of nitrogens with one attached hydrogen (secondary N) is 2. The lowest BCUT2D eigenvalue weighted by molar-refractivity contribution is 0.0977. The molecule has 0 saturated carbocycles. The summed E-state index contributed by atoms with van der Waals surface area (Å²) in [6, 6.07) is 24.8. The van der Waals surface area contributed by atoms with Gasteiger partial charge in [-0.1, -0.05) is 49.4 Å². The highest BCUT2D eigenvalue weighted by Gasteiger charge is 2.10. The molecule has 0 radical (unpaired) electrons. The van der Waals surface area contributed by atoms with Gasteiger partial charge in [0.25, 0.3) is 5.91 Å². The van der Waals surface area contributed by atoms with Crippen LogP contribution in [0, 0.1) is 0 Å². The number of rotatable bonds is 10. The van der Waals surface area contributed by atoms with Gasteiger partial charge in [0.1, 0.15) is 11.5 Å². The van der Waals surface area contributed by atoms with E-state index in [-0.39, 0.29) is 11.0 Å². The van der Waals surface area contributed by atoms with Crippen molar-refractivity contribution in [2.45, 2.75) is 26.2 Å². The second-order valence-electron chi connectivity index (χ2n) is 7.21. The molecule has 1 amide bonds. The topological polar surface area (TPSA) is 59.6 Å². The van der Waals surface area contributed by atoms with Crippen molar-refractivity contribution in [1.29, 1.82) is 0 Å². The van der Waals surface area contributed by atoms with Crippen LogP contribution in [0.1, 0.15) is 35.7 Å². The third-order valence-electron chi connectivity index (χ3n) is 4.66. The van der Waals surface area contributed by atoms with E-state index >= 15 is 0 Å². The van der Waals surface area contributed by atoms with Gasteiger partial charge in [0.15, 0.2) is 5.11 Å². The SMILES string of the molecule is CCCOc1ccc(C(=O)NC(=S)Nc2ccccc2OCCCc2ccccc2)cc1. The molecular weight excluding hydrogens is 420 g/mol. The summed E-state index contributed by atoms with van der Waals surface area (Å²) in [5, 5.41) is 5.98. The van der Waals surface area contributed by atoms with Crippen molar-refractivity contribution in [3.63, 3.8) is 0 Å². The fourth-order valence-corrected chi connectivity index (χ4v) is 3.25. The average molecular weight is 449 g/mol. The van der Waals surface area contributed by atoms with Gasteiger partial charge in [0.2, 0.25) is 0 Å². The van der Waals surface area contributed by atoms with E-state index in [9.17, 15) is 4.79 Å². The van der Waals surface area contributed by atoms with Crippen LogP contribution in [-0.4, -0.2) is 24.2 Å². The predicted octanol–water partition coefficient (Wildman–Crippen LogP) is 5.61. The zero-order valence-electron chi connectivity index (χ0n) is 18.2. The maximum Gasteiger partial charge on any atom is 0.257 e. The Bertz CT molecular complexity index is 1010. The number of ether oxygens (including phenoxy) is 2. The molecule has 3 aromatic rings. The predicted molar refractivity (Wildman–Crippen MR) is 133 cm³/mol. The van der Waals surface area contributed by atoms with Crippen LogP contribution in [0.5, 0.6) is 11.5 Å². The lowest BCUT2D eigenvalue weighted by atomic mass is 10.1. The van der Waals surface area contributed by atoms with E-state index in [2.05, 4.69) is 22.8 Å². The normalized spacial score (nSPS) is 10.3. The van der Waals surface area contributed by atoms with Crippen LogP contribution >= 0.6 is 12.2 Å². The summed E-state index contributed by atoms with van der Waals surface area (Å²) in [7, 11) is 0. The Morgan fingerprint density at radius 1 is 0.875 bits per heavy atom. The number of aryl methyl sites for hydroxylation is 1. The lowest BCUT2D eigenvalue weighted by Gasteiger charge is -2.14. The third kappa shape index (κ3) is 7.39. The smallest absolute Gasteiger partial charge is 0.257 e. The first kappa shape index (κ1) is 23.3. The summed E-state index contributed by atoms with van der Waals surface area (Å²) in [5.41, 5.74) is 2.50. The molecule has 0 aromatic heterocycles. The van der Waals surface area contributed by atoms with Crippen LogP contribution in [0.4, 0.5) is 5.69 Å². The van der Waals surface area contributed by atoms with Crippen LogP contribution in [-0.2, 0) is 6.42 Å². The fourth-order valence-electron chi connectivity index (χ4n) is 3.05. The monoisotopic (exact) mass is 448 g/mol. The zero-order valence-corrected chi connectivity index (χ0v) is 19.0. The quantitative estimate of drug-likeness (QED) is 0.312. The molecule has 0 aliphatic heterocycles. The maximum atomic E-state index is 12.5. The van der Waals surface area contributed by atoms with Crippen LogP contribution in [0.2, 0.25) is 0 Å². The molecule has 3 rings (SSSR count). The van der Waals surface area contributed by atoms with Crippen molar-refractivity contribution in [2.24, 2.45) is 0 Å². The molecule has 32 heavy (non-hydrogen) atoms. The van der Waals surface area contributed by atoms with Crippen LogP contribution in [0.25, 0.3) is 0 Å². The standard InChI is InChI=1S/C26H28N2O3S/c1-2-18-30-22-16-14-21(15-17-22)25(29)28-26(32)27-23-12-6-7-13-24(23)31-19-8-11-20-9-4-3-5-10-20/h3-7,9-10,12-17H,2,8,11,18-19H2,1H3,(H2,27,28,29,32). The molecule has 5 nitrogen and oxygen atoms in total. The summed E-state index contributed by atoms with van der Waals surface area (Å²) < 4.78 is 11.5. The van der Waals surface area contributed by atoms with Crippen molar-refractivity contribution in [3.8, 4) is 11.5 Å². The molecule has 2 N–H and O–H groups in total. The number of anilines is 1. The second-order valence-corrected chi connectivity index (χ2v) is 7.62. The minimum atomic E-state index is -0.286. The first-order valence-electron chi connectivity index (χ1n) is 10.8. The first-order valence-corrected chi connectivity index (χ1v) is 11.2. The maximum absolute atomic E-state index is 12.5. The highest BCUT2D eigenvalue weighted by atomic mass is 32.1. The fraction of sp³-hybridized carbons (Fsp3) is 0.231. The van der Waals surface area contributed by atoms with Crippen LogP contribution in [0.15, 0.2) is 78.9 Å². The largest absolute Gasteiger partial charge is 0.494 e. The molecular formula is C26H28N2O3S. The van der Waals surface area contributed by atoms with Gasteiger partial charge in [-0.05, 0) is 73.4 Å². The van der Waals surface area contributed by atoms with Crippen LogP contribution < -0.4 is 20.1 Å². The van der Waals surface area contributed by atoms with Gasteiger partial charge >= 0.3 is 0 Å². The Hall–Kier alpha value is -3.38. The molecule has 6 heteroatoms. The van der Waals surface area contributed by atoms with Gasteiger partial charge in [-0.25, -0.2) is 0 Å². The minimum Gasteiger partial charge on any atom is -0.494 e. The molecule has 0 bridgehead atoms. The Labute approximate surface area is 194 Å². The highest BCUT2D eigenvalue weighted by Crippen LogP contribution is 2.24. The number of benzene rings is 3. The van der Waals surface area contributed by atoms with Crippen molar-refractivity contribution in [2.75, 3.05) is 18.5 Å². The van der Waals surface area contributed by atoms with Gasteiger partial charge in [-0.2, -0.15) is 0 Å². The van der Waals surface area contributed by atoms with Gasteiger partial charge < -0.3 is 14.8 Å². The van der Waals surface area contributed by atoms with E-state index in [1.54, 1.807) is 24.3 Å². The van der Waals surface area contributed by atoms with E-state index in [4.69, 9.17) is 21.7 Å². The average Bonchev–Trinajstić information content (AvgIpc) is 2.82. The van der Waals surface area contributed by atoms with Gasteiger partial charge in [0, 0.05) is 5.56 Å². The molecule has 0 spiro atoms. The van der Waals surface area contributed by atoms with E-state index in [1.165, 1.54) is 5.56 Å². The molecule has 0 unspecified atom stereocenters. The Morgan fingerprint density at radius 2 is 1.59 bits per heavy atom. The second kappa shape index (κ2) is 12.5. The number of amides is 1. The van der Waals surface area contributed by atoms with E-state index in [0.29, 0.717) is 30.2 Å². The molecule has 0 atom stereocenters. The van der Waals surface area contributed by atoms with Crippen molar-refractivity contribution >= 4 is 28.9 Å². The summed E-state index contributed by atoms with van der Waals surface area (Å²) in [6.07, 6.45) is 2.78. The molecule has 0 saturated heterocycles. The Kier molecular flexibility index (Phi) is 9.07.